The van der Waals surface area contributed by atoms with Gasteiger partial charge in [0.05, 0.1) is 11.5 Å². The smallest absolute Gasteiger partial charge is 0.309 e. The third kappa shape index (κ3) is 2.81. The highest BCUT2D eigenvalue weighted by Crippen LogP contribution is 2.57. The van der Waals surface area contributed by atoms with Crippen LogP contribution >= 0.6 is 0 Å². The predicted octanol–water partition coefficient (Wildman–Crippen LogP) is 3.76. The Kier molecular flexibility index (Phi) is 4.38. The van der Waals surface area contributed by atoms with Crippen molar-refractivity contribution >= 4 is 17.6 Å². The van der Waals surface area contributed by atoms with Gasteiger partial charge in [-0.1, -0.05) is 12.1 Å². The van der Waals surface area contributed by atoms with E-state index in [1.807, 2.05) is 31.2 Å². The highest BCUT2D eigenvalue weighted by atomic mass is 16.5. The van der Waals surface area contributed by atoms with Crippen LogP contribution in [0.1, 0.15) is 57.1 Å². The van der Waals surface area contributed by atoms with Gasteiger partial charge in [0.2, 0.25) is 5.91 Å². The Balaban J connectivity index is 1.67. The van der Waals surface area contributed by atoms with E-state index in [1.54, 1.807) is 7.11 Å². The van der Waals surface area contributed by atoms with Crippen molar-refractivity contribution in [2.45, 2.75) is 51.6 Å². The Morgan fingerprint density at radius 2 is 1.54 bits per heavy atom. The number of amides is 1. The van der Waals surface area contributed by atoms with Crippen molar-refractivity contribution in [1.29, 1.82) is 0 Å². The molecule has 24 heavy (non-hydrogen) atoms. The number of benzene rings is 1. The zero-order valence-electron chi connectivity index (χ0n) is 14.3. The van der Waals surface area contributed by atoms with E-state index in [4.69, 9.17) is 4.74 Å². The van der Waals surface area contributed by atoms with E-state index in [9.17, 15) is 14.7 Å². The average molecular weight is 331 g/mol. The molecular formula is C19H25NO4. The zero-order valence-corrected chi connectivity index (χ0v) is 14.3. The summed E-state index contributed by atoms with van der Waals surface area (Å²) in [7, 11) is 1.67. The summed E-state index contributed by atoms with van der Waals surface area (Å²) in [6.07, 6.45) is 3.87. The number of hydrogen-bond donors (Lipinski definition) is 2. The van der Waals surface area contributed by atoms with E-state index < -0.39 is 16.8 Å². The molecule has 1 unspecified atom stereocenters. The first-order chi connectivity index (χ1) is 11.4. The lowest BCUT2D eigenvalue weighted by Crippen LogP contribution is -2.50. The van der Waals surface area contributed by atoms with Gasteiger partial charge in [-0.05, 0) is 63.1 Å². The first-order valence-electron chi connectivity index (χ1n) is 8.58. The van der Waals surface area contributed by atoms with Crippen LogP contribution in [0.2, 0.25) is 0 Å². The minimum Gasteiger partial charge on any atom is -0.481 e. The second kappa shape index (κ2) is 6.20. The summed E-state index contributed by atoms with van der Waals surface area (Å²) in [5, 5.41) is 12.5. The summed E-state index contributed by atoms with van der Waals surface area (Å²) in [6.45, 7) is 1.98. The summed E-state index contributed by atoms with van der Waals surface area (Å²) < 4.78 is 5.28. The van der Waals surface area contributed by atoms with E-state index in [2.05, 4.69) is 5.32 Å². The predicted molar refractivity (Wildman–Crippen MR) is 90.7 cm³/mol. The number of anilines is 1. The van der Waals surface area contributed by atoms with Gasteiger partial charge in [-0.15, -0.1) is 0 Å². The van der Waals surface area contributed by atoms with Crippen molar-refractivity contribution < 1.29 is 19.4 Å². The summed E-state index contributed by atoms with van der Waals surface area (Å²) in [4.78, 5) is 24.3. The molecule has 0 aromatic heterocycles. The van der Waals surface area contributed by atoms with Crippen LogP contribution in [0.5, 0.6) is 0 Å². The average Bonchev–Trinajstić information content (AvgIpc) is 2.63. The highest BCUT2D eigenvalue weighted by molar-refractivity contribution is 5.96. The second-order valence-corrected chi connectivity index (χ2v) is 7.32. The van der Waals surface area contributed by atoms with E-state index in [0.29, 0.717) is 38.5 Å². The largest absolute Gasteiger partial charge is 0.481 e. The number of rotatable bonds is 5. The standard InChI is InChI=1S/C19H25NO4/c1-13(24-2)14-3-5-15(6-4-14)20-16(21)18-7-10-19(11-8-18,12-9-18)17(22)23/h3-6,13H,7-12H2,1-2H3,(H,20,21)(H,22,23). The summed E-state index contributed by atoms with van der Waals surface area (Å²) in [5.41, 5.74) is 0.868. The van der Waals surface area contributed by atoms with E-state index in [-0.39, 0.29) is 12.0 Å². The van der Waals surface area contributed by atoms with Crippen LogP contribution in [-0.2, 0) is 14.3 Å². The number of nitrogens with one attached hydrogen (secondary N) is 1. The monoisotopic (exact) mass is 331 g/mol. The number of fused-ring (bicyclic) bond motifs is 3. The number of carboxylic acid groups (broad SMARTS) is 1. The SMILES string of the molecule is COC(C)c1ccc(NC(=O)C23CCC(C(=O)O)(CC2)CC3)cc1. The molecular weight excluding hydrogens is 306 g/mol. The lowest BCUT2D eigenvalue weighted by atomic mass is 9.53. The summed E-state index contributed by atoms with van der Waals surface area (Å²) >= 11 is 0. The van der Waals surface area contributed by atoms with Gasteiger partial charge >= 0.3 is 5.97 Å². The van der Waals surface area contributed by atoms with Crippen molar-refractivity contribution in [2.24, 2.45) is 10.8 Å². The molecule has 0 heterocycles. The van der Waals surface area contributed by atoms with Crippen LogP contribution < -0.4 is 5.32 Å². The van der Waals surface area contributed by atoms with Crippen LogP contribution in [0.4, 0.5) is 5.69 Å². The molecule has 0 radical (unpaired) electrons. The molecule has 130 valence electrons. The first-order valence-corrected chi connectivity index (χ1v) is 8.58. The van der Waals surface area contributed by atoms with Gasteiger partial charge in [-0.25, -0.2) is 0 Å². The maximum Gasteiger partial charge on any atom is 0.309 e. The maximum absolute atomic E-state index is 12.8. The molecule has 1 aromatic carbocycles. The molecule has 3 aliphatic carbocycles. The molecule has 0 saturated heterocycles. The van der Waals surface area contributed by atoms with Crippen LogP contribution in [0, 0.1) is 10.8 Å². The normalized spacial score (nSPS) is 29.9. The Hall–Kier alpha value is -1.88. The molecule has 3 saturated carbocycles. The number of carbonyl (C=O) groups excluding carboxylic acids is 1. The highest BCUT2D eigenvalue weighted by Gasteiger charge is 2.55. The zero-order chi connectivity index (χ0) is 17.4. The fourth-order valence-corrected chi connectivity index (χ4v) is 4.08. The van der Waals surface area contributed by atoms with E-state index in [1.165, 1.54) is 0 Å². The number of aliphatic carboxylic acids is 1. The summed E-state index contributed by atoms with van der Waals surface area (Å²) in [5.74, 6) is -0.659. The minimum atomic E-state index is -0.695. The summed E-state index contributed by atoms with van der Waals surface area (Å²) in [6, 6.07) is 7.70. The van der Waals surface area contributed by atoms with E-state index >= 15 is 0 Å². The number of hydrogen-bond acceptors (Lipinski definition) is 3. The van der Waals surface area contributed by atoms with Gasteiger partial charge < -0.3 is 15.2 Å². The molecule has 4 rings (SSSR count). The molecule has 1 aromatic rings. The van der Waals surface area contributed by atoms with Gasteiger partial charge in [0.15, 0.2) is 0 Å². The molecule has 1 amide bonds. The van der Waals surface area contributed by atoms with Gasteiger partial charge in [0.1, 0.15) is 0 Å². The Labute approximate surface area is 142 Å². The lowest BCUT2D eigenvalue weighted by Gasteiger charge is -2.50. The molecule has 0 aliphatic heterocycles. The maximum atomic E-state index is 12.8. The van der Waals surface area contributed by atoms with Crippen LogP contribution in [0.25, 0.3) is 0 Å². The second-order valence-electron chi connectivity index (χ2n) is 7.32. The lowest BCUT2D eigenvalue weighted by molar-refractivity contribution is -0.162. The van der Waals surface area contributed by atoms with Crippen LogP contribution in [-0.4, -0.2) is 24.1 Å². The Morgan fingerprint density at radius 3 is 2.00 bits per heavy atom. The van der Waals surface area contributed by atoms with Crippen LogP contribution in [0.3, 0.4) is 0 Å². The van der Waals surface area contributed by atoms with E-state index in [0.717, 1.165) is 11.3 Å². The fraction of sp³-hybridized carbons (Fsp3) is 0.579. The van der Waals surface area contributed by atoms with Gasteiger partial charge in [0.25, 0.3) is 0 Å². The van der Waals surface area contributed by atoms with Crippen molar-refractivity contribution in [1.82, 2.24) is 0 Å². The number of carboxylic acids is 1. The third-order valence-corrected chi connectivity index (χ3v) is 6.17. The molecule has 5 heteroatoms. The number of methoxy groups -OCH3 is 1. The van der Waals surface area contributed by atoms with Gasteiger partial charge in [-0.2, -0.15) is 0 Å². The molecule has 2 N–H and O–H groups in total. The fourth-order valence-electron chi connectivity index (χ4n) is 4.08. The Morgan fingerprint density at radius 1 is 1.04 bits per heavy atom. The number of carbonyl (C=O) groups is 2. The molecule has 2 bridgehead atoms. The minimum absolute atomic E-state index is 0.0224. The van der Waals surface area contributed by atoms with Crippen molar-refractivity contribution in [3.8, 4) is 0 Å². The van der Waals surface area contributed by atoms with Crippen molar-refractivity contribution in [3.63, 3.8) is 0 Å². The molecule has 3 aliphatic rings. The van der Waals surface area contributed by atoms with Gasteiger partial charge in [-0.3, -0.25) is 9.59 Å². The van der Waals surface area contributed by atoms with Crippen molar-refractivity contribution in [2.75, 3.05) is 12.4 Å². The first kappa shape index (κ1) is 17.0. The third-order valence-electron chi connectivity index (χ3n) is 6.17. The number of ether oxygens (including phenoxy) is 1. The molecule has 1 atom stereocenters. The quantitative estimate of drug-likeness (QED) is 0.861. The van der Waals surface area contributed by atoms with Crippen LogP contribution in [0.15, 0.2) is 24.3 Å². The molecule has 5 nitrogen and oxygen atoms in total. The molecule has 0 spiro atoms. The topological polar surface area (TPSA) is 75.6 Å². The van der Waals surface area contributed by atoms with Crippen molar-refractivity contribution in [3.05, 3.63) is 29.8 Å². The molecule has 3 fully saturated rings. The van der Waals surface area contributed by atoms with Gasteiger partial charge in [0, 0.05) is 18.2 Å². The Bertz CT molecular complexity index is 613.